The van der Waals surface area contributed by atoms with E-state index in [0.29, 0.717) is 6.42 Å². The Morgan fingerprint density at radius 1 is 1.07 bits per heavy atom. The zero-order chi connectivity index (χ0) is 10.3. The predicted molar refractivity (Wildman–Crippen MR) is 42.3 cm³/mol. The van der Waals surface area contributed by atoms with E-state index in [-0.39, 0.29) is 87.4 Å². The smallest absolute Gasteiger partial charge is 0.549 e. The van der Waals surface area contributed by atoms with E-state index >= 15 is 0 Å². The molecule has 0 heterocycles. The van der Waals surface area contributed by atoms with Gasteiger partial charge in [-0.3, -0.25) is 0 Å². The standard InChI is InChI=1S/C9H16O4.K.Na/c1-2-3-4-5-6-7(8(10)11)9(12)13;;/h7H,2-6H2,1H3,(H,10,11)(H,12,13);;/q;2*+1/p-2. The van der Waals surface area contributed by atoms with Gasteiger partial charge in [-0.1, -0.05) is 32.6 Å². The van der Waals surface area contributed by atoms with Gasteiger partial charge in [0.15, 0.2) is 0 Å². The van der Waals surface area contributed by atoms with Crippen LogP contribution in [0.1, 0.15) is 39.0 Å². The molecule has 0 saturated carbocycles. The number of carboxylic acid groups (broad SMARTS) is 2. The summed E-state index contributed by atoms with van der Waals surface area (Å²) in [6.45, 7) is 2.02. The molecule has 0 bridgehead atoms. The van der Waals surface area contributed by atoms with Crippen molar-refractivity contribution in [3.05, 3.63) is 0 Å². The van der Waals surface area contributed by atoms with Crippen LogP contribution >= 0.6 is 0 Å². The Balaban J connectivity index is -0.000000720. The van der Waals surface area contributed by atoms with Crippen LogP contribution in [0.25, 0.3) is 0 Å². The Morgan fingerprint density at radius 2 is 1.53 bits per heavy atom. The Hall–Kier alpha value is 1.58. The van der Waals surface area contributed by atoms with Crippen molar-refractivity contribution in [3.63, 3.8) is 0 Å². The molecule has 0 aliphatic heterocycles. The molecule has 15 heavy (non-hydrogen) atoms. The van der Waals surface area contributed by atoms with Crippen molar-refractivity contribution >= 4 is 11.9 Å². The molecular formula is C9H14KNaO4. The first-order chi connectivity index (χ1) is 6.09. The molecule has 6 heteroatoms. The van der Waals surface area contributed by atoms with Crippen LogP contribution in [0.4, 0.5) is 0 Å². The van der Waals surface area contributed by atoms with E-state index in [0.717, 1.165) is 19.3 Å². The third-order valence-corrected chi connectivity index (χ3v) is 1.92. The molecule has 0 aromatic rings. The summed E-state index contributed by atoms with van der Waals surface area (Å²) >= 11 is 0. The minimum atomic E-state index is -1.54. The Morgan fingerprint density at radius 3 is 1.87 bits per heavy atom. The molecule has 0 fully saturated rings. The van der Waals surface area contributed by atoms with Gasteiger partial charge in [0.05, 0.1) is 11.9 Å². The number of unbranched alkanes of at least 4 members (excludes halogenated alkanes) is 3. The van der Waals surface area contributed by atoms with Crippen molar-refractivity contribution in [3.8, 4) is 0 Å². The molecule has 4 nitrogen and oxygen atoms in total. The van der Waals surface area contributed by atoms with Crippen molar-refractivity contribution < 1.29 is 101 Å². The molecule has 0 radical (unpaired) electrons. The second kappa shape index (κ2) is 13.6. The van der Waals surface area contributed by atoms with Gasteiger partial charge in [-0.05, 0) is 6.42 Å². The maximum absolute atomic E-state index is 10.3. The summed E-state index contributed by atoms with van der Waals surface area (Å²) in [6, 6.07) is 0. The van der Waals surface area contributed by atoms with Crippen LogP contribution in [-0.4, -0.2) is 11.9 Å². The van der Waals surface area contributed by atoms with Crippen LogP contribution in [0.3, 0.4) is 0 Å². The summed E-state index contributed by atoms with van der Waals surface area (Å²) in [5.41, 5.74) is 0. The first-order valence-electron chi connectivity index (χ1n) is 4.51. The number of hydrogen-bond acceptors (Lipinski definition) is 4. The summed E-state index contributed by atoms with van der Waals surface area (Å²) in [6.07, 6.45) is 3.59. The zero-order valence-electron chi connectivity index (χ0n) is 9.75. The zero-order valence-corrected chi connectivity index (χ0v) is 14.9. The maximum Gasteiger partial charge on any atom is 1.00 e. The molecule has 0 aromatic heterocycles. The second-order valence-electron chi connectivity index (χ2n) is 3.04. The summed E-state index contributed by atoms with van der Waals surface area (Å²) < 4.78 is 0. The molecule has 76 valence electrons. The van der Waals surface area contributed by atoms with Crippen molar-refractivity contribution in [2.75, 3.05) is 0 Å². The largest absolute Gasteiger partial charge is 1.00 e. The maximum atomic E-state index is 10.3. The molecule has 0 unspecified atom stereocenters. The van der Waals surface area contributed by atoms with Gasteiger partial charge < -0.3 is 19.8 Å². The minimum absolute atomic E-state index is 0. The summed E-state index contributed by atoms with van der Waals surface area (Å²) in [5.74, 6) is -4.54. The molecule has 0 spiro atoms. The fourth-order valence-electron chi connectivity index (χ4n) is 1.11. The van der Waals surface area contributed by atoms with Crippen LogP contribution in [0.2, 0.25) is 0 Å². The van der Waals surface area contributed by atoms with E-state index in [4.69, 9.17) is 0 Å². The van der Waals surface area contributed by atoms with E-state index in [9.17, 15) is 19.8 Å². The van der Waals surface area contributed by atoms with Crippen LogP contribution < -0.4 is 91.2 Å². The Kier molecular flexibility index (Phi) is 19.8. The number of rotatable bonds is 7. The van der Waals surface area contributed by atoms with Crippen molar-refractivity contribution in [1.29, 1.82) is 0 Å². The second-order valence-corrected chi connectivity index (χ2v) is 3.04. The normalized spacial score (nSPS) is 8.93. The van der Waals surface area contributed by atoms with Crippen molar-refractivity contribution in [2.45, 2.75) is 39.0 Å². The average molecular weight is 248 g/mol. The summed E-state index contributed by atoms with van der Waals surface area (Å²) in [4.78, 5) is 20.5. The monoisotopic (exact) mass is 248 g/mol. The van der Waals surface area contributed by atoms with E-state index in [1.165, 1.54) is 0 Å². The Bertz CT molecular complexity index is 173. The quantitative estimate of drug-likeness (QED) is 0.255. The molecule has 0 atom stereocenters. The Labute approximate surface area is 155 Å². The summed E-state index contributed by atoms with van der Waals surface area (Å²) in [5, 5.41) is 20.5. The fourth-order valence-corrected chi connectivity index (χ4v) is 1.11. The number of carbonyl (C=O) groups excluding carboxylic acids is 2. The van der Waals surface area contributed by atoms with E-state index in [1.807, 2.05) is 6.92 Å². The van der Waals surface area contributed by atoms with Crippen LogP contribution in [0, 0.1) is 5.92 Å². The summed E-state index contributed by atoms with van der Waals surface area (Å²) in [7, 11) is 0. The van der Waals surface area contributed by atoms with Gasteiger partial charge in [0.25, 0.3) is 0 Å². The van der Waals surface area contributed by atoms with Gasteiger partial charge in [-0.15, -0.1) is 0 Å². The van der Waals surface area contributed by atoms with Gasteiger partial charge in [0, 0.05) is 5.92 Å². The molecule has 0 saturated heterocycles. The minimum Gasteiger partial charge on any atom is -0.549 e. The molecule has 0 rings (SSSR count). The van der Waals surface area contributed by atoms with Gasteiger partial charge in [0.2, 0.25) is 0 Å². The molecule has 0 N–H and O–H groups in total. The number of carbonyl (C=O) groups is 2. The number of hydrogen-bond donors (Lipinski definition) is 0. The SMILES string of the molecule is CCCCCCC(C(=O)[O-])C(=O)[O-].[K+].[Na+]. The topological polar surface area (TPSA) is 80.3 Å². The van der Waals surface area contributed by atoms with Crippen LogP contribution in [0.15, 0.2) is 0 Å². The molecule has 0 aliphatic carbocycles. The van der Waals surface area contributed by atoms with E-state index in [1.54, 1.807) is 0 Å². The molecule has 0 aliphatic rings. The third-order valence-electron chi connectivity index (χ3n) is 1.92. The van der Waals surface area contributed by atoms with Crippen LogP contribution in [-0.2, 0) is 9.59 Å². The average Bonchev–Trinajstić information content (AvgIpc) is 2.02. The predicted octanol–water partition coefficient (Wildman–Crippen LogP) is -6.92. The van der Waals surface area contributed by atoms with Crippen LogP contribution in [0.5, 0.6) is 0 Å². The van der Waals surface area contributed by atoms with E-state index < -0.39 is 17.9 Å². The van der Waals surface area contributed by atoms with Gasteiger partial charge in [-0.2, -0.15) is 0 Å². The van der Waals surface area contributed by atoms with E-state index in [2.05, 4.69) is 0 Å². The van der Waals surface area contributed by atoms with Crippen molar-refractivity contribution in [2.24, 2.45) is 5.92 Å². The van der Waals surface area contributed by atoms with Gasteiger partial charge >= 0.3 is 80.9 Å². The third kappa shape index (κ3) is 11.8. The van der Waals surface area contributed by atoms with Crippen molar-refractivity contribution in [1.82, 2.24) is 0 Å². The number of carboxylic acids is 2. The first kappa shape index (κ1) is 21.8. The molecule has 0 aromatic carbocycles. The molecular weight excluding hydrogens is 234 g/mol. The fraction of sp³-hybridized carbons (Fsp3) is 0.778. The molecule has 0 amide bonds. The number of aliphatic carboxylic acids is 2. The van der Waals surface area contributed by atoms with Gasteiger partial charge in [0.1, 0.15) is 0 Å². The van der Waals surface area contributed by atoms with Gasteiger partial charge in [-0.25, -0.2) is 0 Å². The first-order valence-corrected chi connectivity index (χ1v) is 4.51.